The van der Waals surface area contributed by atoms with Gasteiger partial charge >= 0.3 is 11.8 Å². The molecule has 29 heavy (non-hydrogen) atoms. The van der Waals surface area contributed by atoms with E-state index in [9.17, 15) is 14.7 Å². The minimum atomic E-state index is -0.855. The van der Waals surface area contributed by atoms with E-state index in [1.54, 1.807) is 31.2 Å². The van der Waals surface area contributed by atoms with Crippen LogP contribution < -0.4 is 10.7 Å². The summed E-state index contributed by atoms with van der Waals surface area (Å²) in [5, 5.41) is 16.7. The number of hydrogen-bond donors (Lipinski definition) is 3. The number of hydrogen-bond acceptors (Lipinski definition) is 5. The fourth-order valence-corrected chi connectivity index (χ4v) is 2.70. The molecule has 0 saturated carbocycles. The van der Waals surface area contributed by atoms with Crippen molar-refractivity contribution in [1.29, 1.82) is 0 Å². The monoisotopic (exact) mass is 396 g/mol. The predicted molar refractivity (Wildman–Crippen MR) is 115 cm³/mol. The second kappa shape index (κ2) is 10.4. The fourth-order valence-electron chi connectivity index (χ4n) is 2.70. The van der Waals surface area contributed by atoms with Gasteiger partial charge in [-0.05, 0) is 62.8 Å². The molecule has 2 amide bonds. The maximum atomic E-state index is 12.0. The number of amides is 2. The van der Waals surface area contributed by atoms with Gasteiger partial charge in [0.05, 0.1) is 5.71 Å². The van der Waals surface area contributed by atoms with Gasteiger partial charge in [-0.15, -0.1) is 0 Å². The molecule has 0 atom stereocenters. The number of anilines is 1. The Morgan fingerprint density at radius 1 is 1.03 bits per heavy atom. The second-order valence-electron chi connectivity index (χ2n) is 6.76. The Morgan fingerprint density at radius 2 is 1.69 bits per heavy atom. The number of hydrazone groups is 1. The van der Waals surface area contributed by atoms with Gasteiger partial charge in [-0.1, -0.05) is 31.5 Å². The van der Waals surface area contributed by atoms with Crippen LogP contribution in [0.15, 0.2) is 47.6 Å². The summed E-state index contributed by atoms with van der Waals surface area (Å²) in [4.78, 5) is 26.2. The molecule has 0 aliphatic carbocycles. The quantitative estimate of drug-likeness (QED) is 0.381. The fraction of sp³-hybridized carbons (Fsp3) is 0.318. The molecule has 2 rings (SSSR count). The third kappa shape index (κ3) is 6.43. The normalized spacial score (nSPS) is 11.4. The number of aromatic hydroxyl groups is 1. The summed E-state index contributed by atoms with van der Waals surface area (Å²) < 4.78 is 0. The highest BCUT2D eigenvalue weighted by Crippen LogP contribution is 2.21. The molecular weight excluding hydrogens is 368 g/mol. The summed E-state index contributed by atoms with van der Waals surface area (Å²) >= 11 is 0. The molecule has 0 unspecified atom stereocenters. The van der Waals surface area contributed by atoms with E-state index >= 15 is 0 Å². The first-order valence-corrected chi connectivity index (χ1v) is 9.60. The third-order valence-electron chi connectivity index (χ3n) is 4.63. The van der Waals surface area contributed by atoms with Crippen LogP contribution in [0.1, 0.15) is 37.5 Å². The lowest BCUT2D eigenvalue weighted by Gasteiger charge is -2.19. The SMILES string of the molecule is CCN(CC)Cc1cc(/C(C)=N/NC(=O)C(=O)Nc2ccc(C)cc2)ccc1O. The van der Waals surface area contributed by atoms with E-state index in [4.69, 9.17) is 0 Å². The lowest BCUT2D eigenvalue weighted by atomic mass is 10.1. The smallest absolute Gasteiger partial charge is 0.329 e. The van der Waals surface area contributed by atoms with Gasteiger partial charge in [-0.2, -0.15) is 5.10 Å². The third-order valence-corrected chi connectivity index (χ3v) is 4.63. The highest BCUT2D eigenvalue weighted by molar-refractivity contribution is 6.39. The number of nitrogens with zero attached hydrogens (tertiary/aromatic N) is 2. The number of nitrogens with one attached hydrogen (secondary N) is 2. The van der Waals surface area contributed by atoms with Crippen LogP contribution in [-0.2, 0) is 16.1 Å². The van der Waals surface area contributed by atoms with E-state index in [1.807, 2.05) is 25.1 Å². The summed E-state index contributed by atoms with van der Waals surface area (Å²) in [5.41, 5.74) is 5.93. The molecule has 0 heterocycles. The lowest BCUT2D eigenvalue weighted by Crippen LogP contribution is -2.32. The van der Waals surface area contributed by atoms with Gasteiger partial charge in [0.15, 0.2) is 0 Å². The molecule has 0 saturated heterocycles. The number of phenols is 1. The first kappa shape index (κ1) is 22.1. The molecule has 7 heteroatoms. The average Bonchev–Trinajstić information content (AvgIpc) is 2.72. The number of carbonyl (C=O) groups excluding carboxylic acids is 2. The standard InChI is InChI=1S/C22H28N4O3/c1-5-26(6-2)14-18-13-17(9-12-20(18)27)16(4)24-25-22(29)21(28)23-19-10-7-15(3)8-11-19/h7-13,27H,5-6,14H2,1-4H3,(H,23,28)(H,25,29)/b24-16+. The molecule has 7 nitrogen and oxygen atoms in total. The molecule has 0 aliphatic heterocycles. The minimum absolute atomic E-state index is 0.218. The average molecular weight is 396 g/mol. The number of aryl methyl sites for hydroxylation is 1. The van der Waals surface area contributed by atoms with E-state index in [-0.39, 0.29) is 5.75 Å². The number of benzene rings is 2. The number of phenolic OH excluding ortho intramolecular Hbond substituents is 1. The van der Waals surface area contributed by atoms with Crippen molar-refractivity contribution in [2.75, 3.05) is 18.4 Å². The van der Waals surface area contributed by atoms with Gasteiger partial charge < -0.3 is 10.4 Å². The van der Waals surface area contributed by atoms with Gasteiger partial charge in [0.25, 0.3) is 0 Å². The maximum absolute atomic E-state index is 12.0. The Labute approximate surface area is 171 Å². The van der Waals surface area contributed by atoms with Gasteiger partial charge in [-0.25, -0.2) is 5.43 Å². The Morgan fingerprint density at radius 3 is 2.31 bits per heavy atom. The topological polar surface area (TPSA) is 94.0 Å². The highest BCUT2D eigenvalue weighted by atomic mass is 16.3. The van der Waals surface area contributed by atoms with Crippen molar-refractivity contribution in [3.05, 3.63) is 59.2 Å². The summed E-state index contributed by atoms with van der Waals surface area (Å²) in [6, 6.07) is 12.3. The van der Waals surface area contributed by atoms with Crippen LogP contribution in [0.2, 0.25) is 0 Å². The van der Waals surface area contributed by atoms with E-state index in [2.05, 4.69) is 34.6 Å². The zero-order chi connectivity index (χ0) is 21.4. The van der Waals surface area contributed by atoms with Crippen molar-refractivity contribution in [2.45, 2.75) is 34.2 Å². The molecule has 0 fully saturated rings. The summed E-state index contributed by atoms with van der Waals surface area (Å²) in [5.74, 6) is -1.43. The van der Waals surface area contributed by atoms with Crippen molar-refractivity contribution in [3.8, 4) is 5.75 Å². The molecule has 0 aliphatic rings. The van der Waals surface area contributed by atoms with E-state index in [0.29, 0.717) is 17.9 Å². The molecular formula is C22H28N4O3. The highest BCUT2D eigenvalue weighted by Gasteiger charge is 2.14. The van der Waals surface area contributed by atoms with Gasteiger partial charge in [0.2, 0.25) is 0 Å². The Hall–Kier alpha value is -3.19. The maximum Gasteiger partial charge on any atom is 0.329 e. The minimum Gasteiger partial charge on any atom is -0.508 e. The molecule has 0 radical (unpaired) electrons. The van der Waals surface area contributed by atoms with Crippen LogP contribution in [0, 0.1) is 6.92 Å². The Bertz CT molecular complexity index is 887. The van der Waals surface area contributed by atoms with Crippen LogP contribution in [0.5, 0.6) is 5.75 Å². The Kier molecular flexibility index (Phi) is 7.91. The van der Waals surface area contributed by atoms with Crippen LogP contribution in [0.4, 0.5) is 5.69 Å². The zero-order valence-corrected chi connectivity index (χ0v) is 17.3. The number of carbonyl (C=O) groups is 2. The van der Waals surface area contributed by atoms with Crippen molar-refractivity contribution in [3.63, 3.8) is 0 Å². The van der Waals surface area contributed by atoms with Crippen LogP contribution in [-0.4, -0.2) is 40.6 Å². The van der Waals surface area contributed by atoms with Crippen molar-refractivity contribution >= 4 is 23.2 Å². The predicted octanol–water partition coefficient (Wildman–Crippen LogP) is 3.02. The lowest BCUT2D eigenvalue weighted by molar-refractivity contribution is -0.136. The summed E-state index contributed by atoms with van der Waals surface area (Å²) in [6.45, 7) is 10.2. The Balaban J connectivity index is 2.03. The first-order valence-electron chi connectivity index (χ1n) is 9.60. The summed E-state index contributed by atoms with van der Waals surface area (Å²) in [7, 11) is 0. The first-order chi connectivity index (χ1) is 13.8. The second-order valence-corrected chi connectivity index (χ2v) is 6.76. The largest absolute Gasteiger partial charge is 0.508 e. The molecule has 0 spiro atoms. The molecule has 2 aromatic carbocycles. The molecule has 0 aromatic heterocycles. The molecule has 2 aromatic rings. The molecule has 3 N–H and O–H groups in total. The van der Waals surface area contributed by atoms with Crippen LogP contribution in [0.25, 0.3) is 0 Å². The number of rotatable bonds is 7. The van der Waals surface area contributed by atoms with Crippen molar-refractivity contribution < 1.29 is 14.7 Å². The summed E-state index contributed by atoms with van der Waals surface area (Å²) in [6.07, 6.45) is 0. The van der Waals surface area contributed by atoms with Crippen LogP contribution >= 0.6 is 0 Å². The van der Waals surface area contributed by atoms with Crippen molar-refractivity contribution in [1.82, 2.24) is 10.3 Å². The molecule has 0 bridgehead atoms. The van der Waals surface area contributed by atoms with Crippen molar-refractivity contribution in [2.24, 2.45) is 5.10 Å². The van der Waals surface area contributed by atoms with E-state index in [0.717, 1.165) is 29.8 Å². The van der Waals surface area contributed by atoms with Gasteiger partial charge in [0.1, 0.15) is 5.75 Å². The van der Waals surface area contributed by atoms with Gasteiger partial charge in [0, 0.05) is 17.8 Å². The molecule has 154 valence electrons. The van der Waals surface area contributed by atoms with E-state index in [1.165, 1.54) is 0 Å². The van der Waals surface area contributed by atoms with E-state index < -0.39 is 11.8 Å². The van der Waals surface area contributed by atoms with Crippen LogP contribution in [0.3, 0.4) is 0 Å². The zero-order valence-electron chi connectivity index (χ0n) is 17.3. The van der Waals surface area contributed by atoms with Gasteiger partial charge in [-0.3, -0.25) is 14.5 Å².